The van der Waals surface area contributed by atoms with Crippen LogP contribution in [0.2, 0.25) is 0 Å². The van der Waals surface area contributed by atoms with Crippen LogP contribution in [0.15, 0.2) is 43.0 Å². The van der Waals surface area contributed by atoms with Gasteiger partial charge < -0.3 is 19.9 Å². The maximum atomic E-state index is 11.9. The standard InChI is InChI=1S/C16H22N4O2/c1-13(21)7-9-19(2)16(22)18-11-14-3-5-15(6-4-14)20-10-8-17-12-20/h3-6,8,10,12-13,21H,7,9,11H2,1-2H3,(H,18,22). The van der Waals surface area contributed by atoms with Gasteiger partial charge in [0.2, 0.25) is 0 Å². The van der Waals surface area contributed by atoms with Gasteiger partial charge in [0, 0.05) is 38.2 Å². The fourth-order valence-corrected chi connectivity index (χ4v) is 1.99. The minimum atomic E-state index is -0.397. The summed E-state index contributed by atoms with van der Waals surface area (Å²) in [7, 11) is 1.72. The predicted octanol–water partition coefficient (Wildman–Crippen LogP) is 1.78. The summed E-state index contributed by atoms with van der Waals surface area (Å²) < 4.78 is 1.92. The van der Waals surface area contributed by atoms with Gasteiger partial charge in [-0.3, -0.25) is 0 Å². The molecule has 118 valence electrons. The normalized spacial score (nSPS) is 12.0. The number of nitrogens with zero attached hydrogens (tertiary/aromatic N) is 3. The van der Waals surface area contributed by atoms with Gasteiger partial charge in [0.25, 0.3) is 0 Å². The molecule has 2 aromatic rings. The number of nitrogens with one attached hydrogen (secondary N) is 1. The van der Waals surface area contributed by atoms with Gasteiger partial charge in [0.1, 0.15) is 0 Å². The van der Waals surface area contributed by atoms with Crippen molar-refractivity contribution in [2.75, 3.05) is 13.6 Å². The quantitative estimate of drug-likeness (QED) is 0.854. The van der Waals surface area contributed by atoms with Crippen LogP contribution in [0.25, 0.3) is 5.69 Å². The summed E-state index contributed by atoms with van der Waals surface area (Å²) in [5, 5.41) is 12.1. The maximum absolute atomic E-state index is 11.9. The molecule has 2 amide bonds. The number of urea groups is 1. The summed E-state index contributed by atoms with van der Waals surface area (Å²) in [5.74, 6) is 0. The minimum Gasteiger partial charge on any atom is -0.393 e. The van der Waals surface area contributed by atoms with Gasteiger partial charge in [-0.05, 0) is 31.0 Å². The zero-order valence-corrected chi connectivity index (χ0v) is 12.9. The van der Waals surface area contributed by atoms with Crippen molar-refractivity contribution in [3.05, 3.63) is 48.5 Å². The number of aliphatic hydroxyl groups excluding tert-OH is 1. The number of aliphatic hydroxyl groups is 1. The first-order valence-electron chi connectivity index (χ1n) is 7.30. The number of benzene rings is 1. The Bertz CT molecular complexity index is 579. The Balaban J connectivity index is 1.82. The third-order valence-corrected chi connectivity index (χ3v) is 3.41. The molecule has 0 saturated carbocycles. The summed E-state index contributed by atoms with van der Waals surface area (Å²) >= 11 is 0. The van der Waals surface area contributed by atoms with Crippen LogP contribution in [0.3, 0.4) is 0 Å². The molecule has 1 atom stereocenters. The lowest BCUT2D eigenvalue weighted by Gasteiger charge is -2.18. The SMILES string of the molecule is CC(O)CCN(C)C(=O)NCc1ccc(-n2ccnc2)cc1. The van der Waals surface area contributed by atoms with Crippen LogP contribution in [0.4, 0.5) is 4.79 Å². The van der Waals surface area contributed by atoms with Crippen molar-refractivity contribution in [3.8, 4) is 5.69 Å². The molecule has 6 heteroatoms. The molecule has 0 saturated heterocycles. The lowest BCUT2D eigenvalue weighted by Crippen LogP contribution is -2.38. The second-order valence-electron chi connectivity index (χ2n) is 5.35. The van der Waals surface area contributed by atoms with Crippen molar-refractivity contribution >= 4 is 6.03 Å². The fourth-order valence-electron chi connectivity index (χ4n) is 1.99. The fraction of sp³-hybridized carbons (Fsp3) is 0.375. The number of hydrogen-bond donors (Lipinski definition) is 2. The first-order valence-corrected chi connectivity index (χ1v) is 7.30. The Hall–Kier alpha value is -2.34. The van der Waals surface area contributed by atoms with Crippen LogP contribution in [0, 0.1) is 0 Å². The Morgan fingerprint density at radius 1 is 1.41 bits per heavy atom. The summed E-state index contributed by atoms with van der Waals surface area (Å²) in [6.45, 7) is 2.72. The Morgan fingerprint density at radius 2 is 2.14 bits per heavy atom. The van der Waals surface area contributed by atoms with E-state index in [9.17, 15) is 9.90 Å². The van der Waals surface area contributed by atoms with E-state index in [0.717, 1.165) is 11.3 Å². The van der Waals surface area contributed by atoms with Crippen molar-refractivity contribution in [2.45, 2.75) is 26.0 Å². The van der Waals surface area contributed by atoms with Gasteiger partial charge in [0.15, 0.2) is 0 Å². The third kappa shape index (κ3) is 4.60. The number of hydrogen-bond acceptors (Lipinski definition) is 3. The average molecular weight is 302 g/mol. The smallest absolute Gasteiger partial charge is 0.317 e. The highest BCUT2D eigenvalue weighted by molar-refractivity contribution is 5.73. The van der Waals surface area contributed by atoms with Crippen LogP contribution in [0.5, 0.6) is 0 Å². The molecule has 0 spiro atoms. The number of amides is 2. The van der Waals surface area contributed by atoms with Crippen LogP contribution in [-0.2, 0) is 6.54 Å². The molecule has 0 aliphatic rings. The highest BCUT2D eigenvalue weighted by atomic mass is 16.3. The second-order valence-corrected chi connectivity index (χ2v) is 5.35. The third-order valence-electron chi connectivity index (χ3n) is 3.41. The topological polar surface area (TPSA) is 70.4 Å². The lowest BCUT2D eigenvalue weighted by molar-refractivity contribution is 0.163. The van der Waals surface area contributed by atoms with Crippen LogP contribution >= 0.6 is 0 Å². The molecule has 2 rings (SSSR count). The highest BCUT2D eigenvalue weighted by Gasteiger charge is 2.08. The van der Waals surface area contributed by atoms with E-state index in [-0.39, 0.29) is 6.03 Å². The molecular weight excluding hydrogens is 280 g/mol. The lowest BCUT2D eigenvalue weighted by atomic mass is 10.2. The van der Waals surface area contributed by atoms with Crippen LogP contribution in [-0.4, -0.2) is 45.3 Å². The molecule has 0 aliphatic heterocycles. The zero-order chi connectivity index (χ0) is 15.9. The molecule has 1 aromatic carbocycles. The first kappa shape index (κ1) is 16.0. The summed E-state index contributed by atoms with van der Waals surface area (Å²) in [6.07, 6.45) is 5.54. The Morgan fingerprint density at radius 3 is 2.73 bits per heavy atom. The van der Waals surface area contributed by atoms with Crippen molar-refractivity contribution in [2.24, 2.45) is 0 Å². The van der Waals surface area contributed by atoms with Gasteiger partial charge in [-0.1, -0.05) is 12.1 Å². The Kier molecular flexibility index (Phi) is 5.55. The summed E-state index contributed by atoms with van der Waals surface area (Å²) in [6, 6.07) is 7.79. The number of imidazole rings is 1. The summed E-state index contributed by atoms with van der Waals surface area (Å²) in [4.78, 5) is 17.5. The highest BCUT2D eigenvalue weighted by Crippen LogP contribution is 2.09. The predicted molar refractivity (Wildman–Crippen MR) is 84.7 cm³/mol. The molecule has 0 radical (unpaired) electrons. The van der Waals surface area contributed by atoms with E-state index in [4.69, 9.17) is 0 Å². The first-order chi connectivity index (χ1) is 10.6. The van der Waals surface area contributed by atoms with E-state index in [1.165, 1.54) is 0 Å². The van der Waals surface area contributed by atoms with Gasteiger partial charge in [-0.2, -0.15) is 0 Å². The zero-order valence-electron chi connectivity index (χ0n) is 12.9. The van der Waals surface area contributed by atoms with Crippen molar-refractivity contribution in [1.82, 2.24) is 19.8 Å². The molecule has 6 nitrogen and oxygen atoms in total. The maximum Gasteiger partial charge on any atom is 0.317 e. The number of carbonyl (C=O) groups is 1. The van der Waals surface area contributed by atoms with Gasteiger partial charge in [0.05, 0.1) is 12.4 Å². The van der Waals surface area contributed by atoms with E-state index >= 15 is 0 Å². The van der Waals surface area contributed by atoms with E-state index in [2.05, 4.69) is 10.3 Å². The van der Waals surface area contributed by atoms with Gasteiger partial charge in [-0.15, -0.1) is 0 Å². The van der Waals surface area contributed by atoms with E-state index < -0.39 is 6.10 Å². The second kappa shape index (κ2) is 7.61. The molecular formula is C16H22N4O2. The minimum absolute atomic E-state index is 0.140. The Labute approximate surface area is 130 Å². The molecule has 0 fully saturated rings. The van der Waals surface area contributed by atoms with Crippen molar-refractivity contribution < 1.29 is 9.90 Å². The number of aromatic nitrogens is 2. The monoisotopic (exact) mass is 302 g/mol. The number of rotatable bonds is 6. The summed E-state index contributed by atoms with van der Waals surface area (Å²) in [5.41, 5.74) is 2.06. The van der Waals surface area contributed by atoms with E-state index in [0.29, 0.717) is 19.5 Å². The van der Waals surface area contributed by atoms with E-state index in [1.54, 1.807) is 31.4 Å². The molecule has 2 N–H and O–H groups in total. The molecule has 0 bridgehead atoms. The molecule has 1 heterocycles. The van der Waals surface area contributed by atoms with Crippen LogP contribution in [0.1, 0.15) is 18.9 Å². The molecule has 0 aliphatic carbocycles. The molecule has 1 unspecified atom stereocenters. The largest absolute Gasteiger partial charge is 0.393 e. The van der Waals surface area contributed by atoms with Gasteiger partial charge in [-0.25, -0.2) is 9.78 Å². The van der Waals surface area contributed by atoms with E-state index in [1.807, 2.05) is 35.0 Å². The average Bonchev–Trinajstić information content (AvgIpc) is 3.05. The van der Waals surface area contributed by atoms with Crippen molar-refractivity contribution in [1.29, 1.82) is 0 Å². The van der Waals surface area contributed by atoms with Crippen molar-refractivity contribution in [3.63, 3.8) is 0 Å². The van der Waals surface area contributed by atoms with Gasteiger partial charge >= 0.3 is 6.03 Å². The molecule has 22 heavy (non-hydrogen) atoms. The van der Waals surface area contributed by atoms with Crippen LogP contribution < -0.4 is 5.32 Å². The molecule has 1 aromatic heterocycles. The number of carbonyl (C=O) groups excluding carboxylic acids is 1.